The third kappa shape index (κ3) is 4.98. The van der Waals surface area contributed by atoms with E-state index in [-0.39, 0.29) is 11.8 Å². The summed E-state index contributed by atoms with van der Waals surface area (Å²) in [5.74, 6) is 1.07. The summed E-state index contributed by atoms with van der Waals surface area (Å²) >= 11 is 0. The van der Waals surface area contributed by atoms with Gasteiger partial charge in [0.15, 0.2) is 11.5 Å². The first-order valence-electron chi connectivity index (χ1n) is 10.7. The molecule has 0 spiro atoms. The van der Waals surface area contributed by atoms with Crippen molar-refractivity contribution in [3.63, 3.8) is 0 Å². The monoisotopic (exact) mass is 440 g/mol. The number of nitrogens with one attached hydrogen (secondary N) is 1. The number of benzene rings is 2. The van der Waals surface area contributed by atoms with E-state index in [2.05, 4.69) is 5.32 Å². The van der Waals surface area contributed by atoms with Gasteiger partial charge in [0.25, 0.3) is 5.91 Å². The number of piperidine rings is 1. The van der Waals surface area contributed by atoms with Gasteiger partial charge in [0.05, 0.1) is 26.7 Å². The Balaban J connectivity index is 1.73. The molecule has 0 aromatic heterocycles. The molecule has 1 heterocycles. The van der Waals surface area contributed by atoms with Crippen LogP contribution in [0.25, 0.3) is 0 Å². The van der Waals surface area contributed by atoms with Crippen molar-refractivity contribution in [1.29, 1.82) is 0 Å². The lowest BCUT2D eigenvalue weighted by atomic mass is 9.80. The molecule has 0 radical (unpaired) electrons. The van der Waals surface area contributed by atoms with Crippen LogP contribution in [0.5, 0.6) is 17.2 Å². The topological polar surface area (TPSA) is 77.1 Å². The molecule has 0 unspecified atom stereocenters. The largest absolute Gasteiger partial charge is 0.493 e. The molecule has 0 saturated carbocycles. The van der Waals surface area contributed by atoms with Gasteiger partial charge >= 0.3 is 0 Å². The zero-order chi connectivity index (χ0) is 23.3. The summed E-state index contributed by atoms with van der Waals surface area (Å²) in [5, 5.41) is 3.05. The van der Waals surface area contributed by atoms with Crippen LogP contribution in [-0.2, 0) is 11.3 Å². The van der Waals surface area contributed by atoms with Crippen LogP contribution in [0, 0.1) is 12.3 Å². The lowest BCUT2D eigenvalue weighted by molar-refractivity contribution is -0.132. The Hall–Kier alpha value is -3.22. The third-order valence-corrected chi connectivity index (χ3v) is 6.02. The van der Waals surface area contributed by atoms with Crippen LogP contribution in [0.15, 0.2) is 36.4 Å². The lowest BCUT2D eigenvalue weighted by Gasteiger charge is -2.39. The molecule has 172 valence electrons. The number of likely N-dealkylation sites (tertiary alicyclic amines) is 1. The molecule has 1 aliphatic rings. The molecular weight excluding hydrogens is 408 g/mol. The molecule has 1 aliphatic heterocycles. The zero-order valence-corrected chi connectivity index (χ0v) is 19.5. The summed E-state index contributed by atoms with van der Waals surface area (Å²) in [6.45, 7) is 5.37. The fourth-order valence-corrected chi connectivity index (χ4v) is 4.09. The smallest absolute Gasteiger partial charge is 0.254 e. The van der Waals surface area contributed by atoms with E-state index >= 15 is 0 Å². The van der Waals surface area contributed by atoms with E-state index in [9.17, 15) is 9.59 Å². The molecule has 0 bridgehead atoms. The summed E-state index contributed by atoms with van der Waals surface area (Å²) in [6.07, 6.45) is 1.48. The average molecular weight is 441 g/mol. The molecule has 2 aromatic rings. The van der Waals surface area contributed by atoms with Crippen LogP contribution in [0.3, 0.4) is 0 Å². The van der Waals surface area contributed by atoms with Gasteiger partial charge in [0.2, 0.25) is 11.7 Å². The number of amides is 2. The highest BCUT2D eigenvalue weighted by Crippen LogP contribution is 2.39. The van der Waals surface area contributed by atoms with Crippen molar-refractivity contribution < 1.29 is 23.8 Å². The van der Waals surface area contributed by atoms with Gasteiger partial charge in [-0.3, -0.25) is 9.59 Å². The van der Waals surface area contributed by atoms with Crippen LogP contribution in [0.4, 0.5) is 0 Å². The zero-order valence-electron chi connectivity index (χ0n) is 19.5. The summed E-state index contributed by atoms with van der Waals surface area (Å²) in [5.41, 5.74) is 2.01. The molecule has 7 nitrogen and oxygen atoms in total. The van der Waals surface area contributed by atoms with Crippen molar-refractivity contribution >= 4 is 11.8 Å². The van der Waals surface area contributed by atoms with Crippen molar-refractivity contribution in [1.82, 2.24) is 10.2 Å². The lowest BCUT2D eigenvalue weighted by Crippen LogP contribution is -2.51. The molecule has 2 aromatic carbocycles. The summed E-state index contributed by atoms with van der Waals surface area (Å²) in [6, 6.07) is 11.4. The van der Waals surface area contributed by atoms with Gasteiger partial charge < -0.3 is 24.4 Å². The molecule has 0 aliphatic carbocycles. The van der Waals surface area contributed by atoms with E-state index in [0.29, 0.717) is 42.4 Å². The SMILES string of the molecule is COc1cc(C(=O)N2CCC[C@](C)(C(=O)NCc3ccc(C)cc3)C2)cc(OC)c1OC. The highest BCUT2D eigenvalue weighted by molar-refractivity contribution is 5.96. The maximum absolute atomic E-state index is 13.3. The van der Waals surface area contributed by atoms with Gasteiger partial charge in [0, 0.05) is 25.2 Å². The number of rotatable bonds is 7. The van der Waals surface area contributed by atoms with Crippen molar-refractivity contribution in [2.45, 2.75) is 33.2 Å². The Labute approximate surface area is 189 Å². The van der Waals surface area contributed by atoms with Gasteiger partial charge in [-0.25, -0.2) is 0 Å². The highest BCUT2D eigenvalue weighted by Gasteiger charge is 2.39. The Kier molecular flexibility index (Phi) is 7.28. The second kappa shape index (κ2) is 9.94. The van der Waals surface area contributed by atoms with E-state index in [1.807, 2.05) is 38.1 Å². The van der Waals surface area contributed by atoms with E-state index in [1.54, 1.807) is 17.0 Å². The van der Waals surface area contributed by atoms with Gasteiger partial charge in [-0.15, -0.1) is 0 Å². The van der Waals surface area contributed by atoms with Gasteiger partial charge in [-0.2, -0.15) is 0 Å². The van der Waals surface area contributed by atoms with Gasteiger partial charge in [-0.05, 0) is 44.4 Å². The van der Waals surface area contributed by atoms with Crippen molar-refractivity contribution in [2.24, 2.45) is 5.41 Å². The minimum absolute atomic E-state index is 0.0412. The average Bonchev–Trinajstić information content (AvgIpc) is 2.81. The van der Waals surface area contributed by atoms with Crippen LogP contribution < -0.4 is 19.5 Å². The molecule has 1 fully saturated rings. The minimum atomic E-state index is -0.654. The molecule has 3 rings (SSSR count). The molecule has 1 N–H and O–H groups in total. The maximum Gasteiger partial charge on any atom is 0.254 e. The Bertz CT molecular complexity index is 948. The normalized spacial score (nSPS) is 18.1. The van der Waals surface area contributed by atoms with E-state index in [1.165, 1.54) is 26.9 Å². The maximum atomic E-state index is 13.3. The number of methoxy groups -OCH3 is 3. The van der Waals surface area contributed by atoms with E-state index in [4.69, 9.17) is 14.2 Å². The summed E-state index contributed by atoms with van der Waals surface area (Å²) < 4.78 is 16.1. The highest BCUT2D eigenvalue weighted by atomic mass is 16.5. The standard InChI is InChI=1S/C25H32N2O5/c1-17-7-9-18(10-8-17)15-26-24(29)25(2)11-6-12-27(16-25)23(28)19-13-20(30-3)22(32-5)21(14-19)31-4/h7-10,13-14H,6,11-12,15-16H2,1-5H3,(H,26,29)/t25-/m0/s1. The van der Waals surface area contributed by atoms with Crippen LogP contribution >= 0.6 is 0 Å². The van der Waals surface area contributed by atoms with Crippen LogP contribution in [0.1, 0.15) is 41.3 Å². The summed E-state index contributed by atoms with van der Waals surface area (Å²) in [7, 11) is 4.55. The molecular formula is C25H32N2O5. The fraction of sp³-hybridized carbons (Fsp3) is 0.440. The molecule has 7 heteroatoms. The van der Waals surface area contributed by atoms with Crippen molar-refractivity contribution in [2.75, 3.05) is 34.4 Å². The first-order valence-corrected chi connectivity index (χ1v) is 10.7. The second-order valence-electron chi connectivity index (χ2n) is 8.47. The first kappa shape index (κ1) is 23.4. The minimum Gasteiger partial charge on any atom is -0.493 e. The number of carbonyl (C=O) groups is 2. The van der Waals surface area contributed by atoms with Crippen LogP contribution in [0.2, 0.25) is 0 Å². The van der Waals surface area contributed by atoms with E-state index in [0.717, 1.165) is 18.4 Å². The first-order chi connectivity index (χ1) is 15.3. The Morgan fingerprint density at radius 1 is 1.03 bits per heavy atom. The van der Waals surface area contributed by atoms with Crippen LogP contribution in [-0.4, -0.2) is 51.1 Å². The molecule has 1 saturated heterocycles. The Morgan fingerprint density at radius 3 is 2.22 bits per heavy atom. The summed E-state index contributed by atoms with van der Waals surface area (Å²) in [4.78, 5) is 28.1. The number of carbonyl (C=O) groups excluding carboxylic acids is 2. The number of ether oxygens (including phenoxy) is 3. The predicted molar refractivity (Wildman–Crippen MR) is 122 cm³/mol. The Morgan fingerprint density at radius 2 is 1.66 bits per heavy atom. The quantitative estimate of drug-likeness (QED) is 0.712. The third-order valence-electron chi connectivity index (χ3n) is 6.02. The number of aryl methyl sites for hydroxylation is 1. The molecule has 32 heavy (non-hydrogen) atoms. The number of hydrogen-bond donors (Lipinski definition) is 1. The second-order valence-corrected chi connectivity index (χ2v) is 8.47. The number of hydrogen-bond acceptors (Lipinski definition) is 5. The van der Waals surface area contributed by atoms with Crippen molar-refractivity contribution in [3.05, 3.63) is 53.1 Å². The molecule has 1 atom stereocenters. The molecule has 2 amide bonds. The van der Waals surface area contributed by atoms with Gasteiger partial charge in [-0.1, -0.05) is 29.8 Å². The van der Waals surface area contributed by atoms with Crippen molar-refractivity contribution in [3.8, 4) is 17.2 Å². The van der Waals surface area contributed by atoms with Gasteiger partial charge in [0.1, 0.15) is 0 Å². The number of nitrogens with zero attached hydrogens (tertiary/aromatic N) is 1. The van der Waals surface area contributed by atoms with E-state index < -0.39 is 5.41 Å². The fourth-order valence-electron chi connectivity index (χ4n) is 4.09. The predicted octanol–water partition coefficient (Wildman–Crippen LogP) is 3.58.